The van der Waals surface area contributed by atoms with Gasteiger partial charge in [-0.2, -0.15) is 0 Å². The number of aliphatic hydroxyl groups excluding tert-OH is 2. The number of amides is 1. The number of benzene rings is 1. The quantitative estimate of drug-likeness (QED) is 0.254. The maximum absolute atomic E-state index is 14.9. The number of rotatable bonds is 4. The largest absolute Gasteiger partial charge is 0.507 e. The van der Waals surface area contributed by atoms with E-state index in [1.54, 1.807) is 50.8 Å². The van der Waals surface area contributed by atoms with E-state index in [-0.39, 0.29) is 77.0 Å². The van der Waals surface area contributed by atoms with E-state index in [1.165, 1.54) is 54.3 Å². The minimum absolute atomic E-state index is 0.0222. The van der Waals surface area contributed by atoms with Crippen LogP contribution >= 0.6 is 0 Å². The van der Waals surface area contributed by atoms with E-state index in [9.17, 15) is 34.5 Å². The molecule has 0 aromatic heterocycles. The lowest BCUT2D eigenvalue weighted by Crippen LogP contribution is -2.46. The molecule has 5 bridgehead atoms. The Bertz CT molecular complexity index is 1960. The summed E-state index contributed by atoms with van der Waals surface area (Å²) in [4.78, 5) is 62.5. The number of fused-ring (bicyclic) bond motifs is 14. The molecule has 1 aromatic rings. The number of nitrogens with zero attached hydrogens (tertiary/aromatic N) is 2. The van der Waals surface area contributed by atoms with Gasteiger partial charge in [-0.3, -0.25) is 19.2 Å². The van der Waals surface area contributed by atoms with Crippen molar-refractivity contribution in [3.05, 3.63) is 69.8 Å². The number of Topliss-reactive ketones (excluding diaryl/α,β-unsaturated/α-hetero) is 2. The van der Waals surface area contributed by atoms with Crippen molar-refractivity contribution in [3.8, 4) is 11.5 Å². The first kappa shape index (κ1) is 44.1. The lowest BCUT2D eigenvalue weighted by atomic mass is 9.78. The number of morpholine rings is 1. The van der Waals surface area contributed by atoms with E-state index < -0.39 is 83.1 Å². The third kappa shape index (κ3) is 8.28. The van der Waals surface area contributed by atoms with Crippen LogP contribution in [-0.4, -0.2) is 120 Å². The smallest absolute Gasteiger partial charge is 0.302 e. The number of ether oxygens (including phenoxy) is 5. The van der Waals surface area contributed by atoms with Crippen molar-refractivity contribution in [2.24, 2.45) is 28.8 Å². The Hall–Kier alpha value is -5.03. The molecule has 1 aromatic carbocycles. The summed E-state index contributed by atoms with van der Waals surface area (Å²) in [5, 5.41) is 41.4. The Morgan fingerprint density at radius 3 is 2.24 bits per heavy atom. The second kappa shape index (κ2) is 17.9. The van der Waals surface area contributed by atoms with Gasteiger partial charge >= 0.3 is 5.97 Å². The van der Waals surface area contributed by atoms with Crippen molar-refractivity contribution in [1.29, 1.82) is 0 Å². The molecule has 1 amide bonds. The van der Waals surface area contributed by atoms with Gasteiger partial charge in [-0.1, -0.05) is 51.1 Å². The highest BCUT2D eigenvalue weighted by molar-refractivity contribution is 6.33. The Kier molecular flexibility index (Phi) is 13.6. The van der Waals surface area contributed by atoms with Crippen LogP contribution in [0.3, 0.4) is 0 Å². The zero-order valence-electron chi connectivity index (χ0n) is 34.7. The third-order valence-corrected chi connectivity index (χ3v) is 11.5. The van der Waals surface area contributed by atoms with Gasteiger partial charge in [0.1, 0.15) is 36.1 Å². The van der Waals surface area contributed by atoms with E-state index in [1.807, 2.05) is 0 Å². The van der Waals surface area contributed by atoms with E-state index in [2.05, 4.69) is 10.5 Å². The van der Waals surface area contributed by atoms with Crippen LogP contribution < -0.4 is 10.1 Å². The molecule has 4 heterocycles. The number of nitrogens with one attached hydrogen (secondary N) is 1. The first-order valence-corrected chi connectivity index (χ1v) is 19.3. The molecule has 316 valence electrons. The predicted molar refractivity (Wildman–Crippen MR) is 210 cm³/mol. The maximum Gasteiger partial charge on any atom is 0.302 e. The van der Waals surface area contributed by atoms with Crippen LogP contribution in [0.2, 0.25) is 0 Å². The average molecular weight is 810 g/mol. The number of allylic oxidation sites excluding steroid dienone is 4. The minimum atomic E-state index is -1.80. The van der Waals surface area contributed by atoms with Crippen LogP contribution in [0.1, 0.15) is 80.3 Å². The van der Waals surface area contributed by atoms with Crippen LogP contribution in [0.15, 0.2) is 52.7 Å². The lowest BCUT2D eigenvalue weighted by molar-refractivity contribution is -0.160. The maximum atomic E-state index is 14.9. The van der Waals surface area contributed by atoms with Crippen molar-refractivity contribution in [3.63, 3.8) is 0 Å². The van der Waals surface area contributed by atoms with E-state index in [4.69, 9.17) is 28.5 Å². The molecule has 1 fully saturated rings. The molecular weight excluding hydrogens is 754 g/mol. The average Bonchev–Trinajstić information content (AvgIpc) is 3.48. The Labute approximate surface area is 338 Å². The van der Waals surface area contributed by atoms with Crippen LogP contribution in [0, 0.1) is 30.6 Å². The van der Waals surface area contributed by atoms with Gasteiger partial charge in [-0.25, -0.2) is 0 Å². The van der Waals surface area contributed by atoms with Gasteiger partial charge in [0, 0.05) is 68.9 Å². The fourth-order valence-corrected chi connectivity index (χ4v) is 8.00. The highest BCUT2D eigenvalue weighted by Crippen LogP contribution is 2.49. The zero-order chi connectivity index (χ0) is 42.8. The van der Waals surface area contributed by atoms with Gasteiger partial charge in [-0.15, -0.1) is 0 Å². The number of phenolic OH excluding ortho intramolecular Hbond substituents is 1. The highest BCUT2D eigenvalue weighted by atomic mass is 16.7. The Balaban J connectivity index is 1.71. The van der Waals surface area contributed by atoms with Crippen LogP contribution in [0.25, 0.3) is 0 Å². The molecule has 0 unspecified atom stereocenters. The van der Waals surface area contributed by atoms with Crippen LogP contribution in [0.5, 0.6) is 11.5 Å². The number of hydrogen-bond acceptors (Lipinski definition) is 15. The molecule has 16 nitrogen and oxygen atoms in total. The number of phenols is 1. The van der Waals surface area contributed by atoms with Crippen LogP contribution in [0.4, 0.5) is 0 Å². The number of carbonyl (C=O) groups is 4. The van der Waals surface area contributed by atoms with Gasteiger partial charge in [0.15, 0.2) is 5.71 Å². The molecule has 58 heavy (non-hydrogen) atoms. The zero-order valence-corrected chi connectivity index (χ0v) is 34.7. The summed E-state index contributed by atoms with van der Waals surface area (Å²) in [6.07, 6.45) is 3.78. The van der Waals surface area contributed by atoms with Crippen molar-refractivity contribution < 1.29 is 63.0 Å². The first-order valence-electron chi connectivity index (χ1n) is 19.3. The number of methoxy groups -OCH3 is 1. The van der Waals surface area contributed by atoms with Gasteiger partial charge in [-0.05, 0) is 19.9 Å². The second-order valence-corrected chi connectivity index (χ2v) is 15.4. The Morgan fingerprint density at radius 1 is 0.948 bits per heavy atom. The third-order valence-electron chi connectivity index (χ3n) is 11.5. The summed E-state index contributed by atoms with van der Waals surface area (Å²) in [6, 6.07) is 0. The molecule has 1 aliphatic carbocycles. The van der Waals surface area contributed by atoms with Gasteiger partial charge in [0.05, 0.1) is 54.5 Å². The molecular formula is C42H55N3O13. The number of hydrogen-bond donors (Lipinski definition) is 4. The molecule has 0 radical (unpaired) electrons. The van der Waals surface area contributed by atoms with Crippen molar-refractivity contribution in [2.75, 3.05) is 40.5 Å². The summed E-state index contributed by atoms with van der Waals surface area (Å²) >= 11 is 0. The lowest BCUT2D eigenvalue weighted by Gasteiger charge is -2.38. The van der Waals surface area contributed by atoms with Crippen molar-refractivity contribution in [2.45, 2.75) is 85.6 Å². The van der Waals surface area contributed by atoms with E-state index in [0.29, 0.717) is 0 Å². The topological polar surface area (TPSA) is 212 Å². The van der Waals surface area contributed by atoms with Crippen molar-refractivity contribution in [1.82, 2.24) is 10.2 Å². The fourth-order valence-electron chi connectivity index (χ4n) is 8.00. The van der Waals surface area contributed by atoms with Crippen LogP contribution in [-0.2, 0) is 33.4 Å². The molecule has 16 heteroatoms. The molecule has 0 saturated carbocycles. The second-order valence-electron chi connectivity index (χ2n) is 15.4. The summed E-state index contributed by atoms with van der Waals surface area (Å²) in [5.74, 6) is -7.50. The van der Waals surface area contributed by atoms with Crippen molar-refractivity contribution >= 4 is 29.2 Å². The predicted octanol–water partition coefficient (Wildman–Crippen LogP) is 3.46. The van der Waals surface area contributed by atoms with Gasteiger partial charge in [0.25, 0.3) is 11.7 Å². The molecule has 4 N–H and O–H groups in total. The minimum Gasteiger partial charge on any atom is -0.507 e. The molecule has 9 atom stereocenters. The monoisotopic (exact) mass is 809 g/mol. The summed E-state index contributed by atoms with van der Waals surface area (Å²) in [6.45, 7) is 13.7. The van der Waals surface area contributed by atoms with E-state index >= 15 is 0 Å². The molecule has 1 saturated heterocycles. The number of oxime groups is 1. The standard InChI is InChI=1S/C42H55N3O13/c1-20-12-11-13-21(2)41(52)43-31-32(45-15-18-55-19-16-45)37(51)28-29(36(31)50)35(49)25(6)39-30(28)40(44-54-10)42(8,58-39)56-17-14-27(53-9)22(3)38(57-26(7)46)24(5)34(48)23(4)33(20)47/h11-14,17,20,22-24,27,33-34,38,47-49H,15-16,18-19H2,1-10H3,(H,43,52)/b12-11+,17-14+,21-13-,44-40+/t20-,22+,23+,24+,27-,33-,34+,38+,42-/m0/s1. The molecule has 4 aliphatic heterocycles. The highest BCUT2D eigenvalue weighted by Gasteiger charge is 2.52. The normalized spacial score (nSPS) is 33.8. The van der Waals surface area contributed by atoms with E-state index in [0.717, 1.165) is 0 Å². The SMILES string of the molecule is CO/N=C1\c2c3c(C)c(O)c4c2C(=O)C(N2CCOCC2)=C(NC(=O)/C(C)=C\C=C\[C@H](C)[C@H](O)[C@@H](C)[C@@H](O)[C@@H](C)[C@H](OC(C)=O)[C@H](C)[C@@H](OC)/C=C/O[C@@]1(C)O3)C4=O. The number of carbonyl (C=O) groups excluding carboxylic acids is 4. The van der Waals surface area contributed by atoms with Gasteiger partial charge in [0.2, 0.25) is 11.6 Å². The Morgan fingerprint density at radius 2 is 1.62 bits per heavy atom. The molecule has 5 aliphatic rings. The number of aromatic hydroxyl groups is 1. The fraction of sp³-hybridized carbons (Fsp3) is 0.548. The number of esters is 1. The number of aliphatic hydroxyl groups is 2. The summed E-state index contributed by atoms with van der Waals surface area (Å²) in [5.41, 5.74) is -0.664. The number of ketones is 2. The summed E-state index contributed by atoms with van der Waals surface area (Å²) < 4.78 is 29.7. The molecule has 6 rings (SSSR count). The van der Waals surface area contributed by atoms with Gasteiger partial charge < -0.3 is 54.1 Å². The molecule has 0 spiro atoms. The summed E-state index contributed by atoms with van der Waals surface area (Å²) in [7, 11) is 2.75. The first-order chi connectivity index (χ1) is 27.4.